The number of aryl methyl sites for hydroxylation is 1. The van der Waals surface area contributed by atoms with Gasteiger partial charge in [-0.2, -0.15) is 4.98 Å². The lowest BCUT2D eigenvalue weighted by Crippen LogP contribution is -2.51. The number of nitrogens with zero attached hydrogens (tertiary/aromatic N) is 2. The van der Waals surface area contributed by atoms with Gasteiger partial charge >= 0.3 is 12.1 Å². The highest BCUT2D eigenvalue weighted by atomic mass is 16.5. The standard InChI is InChI=1S/C28H31N3O5/c1-17-13-18(2)15-28(14-17,26-29-24(36-31-26)11-12-25(32)33)30-27(34)35-16-23-21-9-5-3-7-19(21)20-8-4-6-10-22(20)23/h3-10,17-18,23H,11-16H2,1-2H3,(H,30,34)(H,32,33). The number of carboxylic acid groups (broad SMARTS) is 1. The van der Waals surface area contributed by atoms with Crippen molar-refractivity contribution in [3.63, 3.8) is 0 Å². The van der Waals surface area contributed by atoms with Crippen molar-refractivity contribution in [2.75, 3.05) is 6.61 Å². The number of rotatable bonds is 7. The maximum absolute atomic E-state index is 13.2. The number of nitrogens with one attached hydrogen (secondary N) is 1. The Morgan fingerprint density at radius 3 is 2.28 bits per heavy atom. The third kappa shape index (κ3) is 4.72. The zero-order chi connectivity index (χ0) is 25.3. The van der Waals surface area contributed by atoms with Crippen LogP contribution in [0.15, 0.2) is 53.1 Å². The number of carbonyl (C=O) groups excluding carboxylic acids is 1. The lowest BCUT2D eigenvalue weighted by atomic mass is 9.71. The van der Waals surface area contributed by atoms with E-state index >= 15 is 0 Å². The minimum atomic E-state index is -0.930. The Balaban J connectivity index is 1.34. The molecule has 2 aromatic carbocycles. The van der Waals surface area contributed by atoms with Crippen LogP contribution in [0.1, 0.15) is 68.3 Å². The first-order valence-corrected chi connectivity index (χ1v) is 12.5. The molecule has 2 aliphatic carbocycles. The molecule has 2 atom stereocenters. The van der Waals surface area contributed by atoms with E-state index in [0.29, 0.717) is 30.5 Å². The van der Waals surface area contributed by atoms with Crippen LogP contribution >= 0.6 is 0 Å². The predicted molar refractivity (Wildman–Crippen MR) is 132 cm³/mol. The van der Waals surface area contributed by atoms with Crippen LogP contribution in [-0.2, 0) is 21.5 Å². The number of aromatic nitrogens is 2. The first-order valence-electron chi connectivity index (χ1n) is 12.5. The Morgan fingerprint density at radius 2 is 1.67 bits per heavy atom. The van der Waals surface area contributed by atoms with Gasteiger partial charge in [-0.15, -0.1) is 0 Å². The number of hydrogen-bond acceptors (Lipinski definition) is 6. The van der Waals surface area contributed by atoms with Gasteiger partial charge in [0.15, 0.2) is 5.82 Å². The summed E-state index contributed by atoms with van der Waals surface area (Å²) in [6, 6.07) is 16.5. The number of fused-ring (bicyclic) bond motifs is 3. The third-order valence-corrected chi connectivity index (χ3v) is 7.33. The van der Waals surface area contributed by atoms with Gasteiger partial charge in [0.1, 0.15) is 12.1 Å². The van der Waals surface area contributed by atoms with Crippen LogP contribution < -0.4 is 5.32 Å². The molecule has 1 heterocycles. The van der Waals surface area contributed by atoms with E-state index in [9.17, 15) is 9.59 Å². The Kier molecular flexibility index (Phi) is 6.51. The normalized spacial score (nSPS) is 23.1. The smallest absolute Gasteiger partial charge is 0.407 e. The minimum Gasteiger partial charge on any atom is -0.481 e. The molecular formula is C28H31N3O5. The highest BCUT2D eigenvalue weighted by Crippen LogP contribution is 2.45. The molecule has 0 saturated heterocycles. The van der Waals surface area contributed by atoms with Crippen molar-refractivity contribution in [1.82, 2.24) is 15.5 Å². The Bertz CT molecular complexity index is 1210. The van der Waals surface area contributed by atoms with Gasteiger partial charge in [-0.25, -0.2) is 4.79 Å². The van der Waals surface area contributed by atoms with E-state index in [4.69, 9.17) is 14.4 Å². The first kappa shape index (κ1) is 24.0. The Labute approximate surface area is 210 Å². The molecule has 3 aromatic rings. The summed E-state index contributed by atoms with van der Waals surface area (Å²) >= 11 is 0. The molecule has 1 saturated carbocycles. The second-order valence-corrected chi connectivity index (χ2v) is 10.3. The summed E-state index contributed by atoms with van der Waals surface area (Å²) in [5, 5.41) is 16.2. The molecule has 0 spiro atoms. The van der Waals surface area contributed by atoms with Gasteiger partial charge in [0.2, 0.25) is 5.89 Å². The molecule has 2 unspecified atom stereocenters. The van der Waals surface area contributed by atoms with Gasteiger partial charge in [-0.1, -0.05) is 67.5 Å². The molecule has 8 heteroatoms. The summed E-state index contributed by atoms with van der Waals surface area (Å²) in [4.78, 5) is 28.6. The van der Waals surface area contributed by atoms with E-state index in [0.717, 1.165) is 17.5 Å². The zero-order valence-electron chi connectivity index (χ0n) is 20.6. The van der Waals surface area contributed by atoms with E-state index < -0.39 is 17.6 Å². The first-order chi connectivity index (χ1) is 17.3. The highest BCUT2D eigenvalue weighted by Gasteiger charge is 2.45. The van der Waals surface area contributed by atoms with Crippen LogP contribution in [0.5, 0.6) is 0 Å². The molecule has 5 rings (SSSR count). The summed E-state index contributed by atoms with van der Waals surface area (Å²) < 4.78 is 11.2. The van der Waals surface area contributed by atoms with Crippen molar-refractivity contribution in [3.8, 4) is 11.1 Å². The lowest BCUT2D eigenvalue weighted by Gasteiger charge is -2.40. The van der Waals surface area contributed by atoms with E-state index in [1.807, 2.05) is 24.3 Å². The fourth-order valence-corrected chi connectivity index (χ4v) is 6.06. The molecule has 36 heavy (non-hydrogen) atoms. The zero-order valence-corrected chi connectivity index (χ0v) is 20.6. The van der Waals surface area contributed by atoms with Gasteiger partial charge < -0.3 is 19.7 Å². The van der Waals surface area contributed by atoms with Crippen LogP contribution in [0.2, 0.25) is 0 Å². The second-order valence-electron chi connectivity index (χ2n) is 10.3. The quantitative estimate of drug-likeness (QED) is 0.464. The summed E-state index contributed by atoms with van der Waals surface area (Å²) in [6.07, 6.45) is 1.88. The van der Waals surface area contributed by atoms with Gasteiger partial charge in [-0.3, -0.25) is 4.79 Å². The number of hydrogen-bond donors (Lipinski definition) is 2. The fraction of sp³-hybridized carbons (Fsp3) is 0.429. The van der Waals surface area contributed by atoms with E-state index in [2.05, 4.69) is 53.6 Å². The summed E-state index contributed by atoms with van der Waals surface area (Å²) in [7, 11) is 0. The number of amides is 1. The topological polar surface area (TPSA) is 115 Å². The molecule has 0 radical (unpaired) electrons. The molecule has 0 bridgehead atoms. The lowest BCUT2D eigenvalue weighted by molar-refractivity contribution is -0.137. The van der Waals surface area contributed by atoms with Crippen molar-refractivity contribution >= 4 is 12.1 Å². The van der Waals surface area contributed by atoms with Gasteiger partial charge in [-0.05, 0) is 53.4 Å². The van der Waals surface area contributed by atoms with Crippen molar-refractivity contribution in [1.29, 1.82) is 0 Å². The van der Waals surface area contributed by atoms with Crippen molar-refractivity contribution in [2.24, 2.45) is 11.8 Å². The van der Waals surface area contributed by atoms with Crippen molar-refractivity contribution in [2.45, 2.75) is 57.4 Å². The van der Waals surface area contributed by atoms with Crippen LogP contribution in [-0.4, -0.2) is 33.9 Å². The van der Waals surface area contributed by atoms with Crippen molar-refractivity contribution < 1.29 is 24.0 Å². The van der Waals surface area contributed by atoms with Crippen LogP contribution in [0, 0.1) is 11.8 Å². The summed E-state index contributed by atoms with van der Waals surface area (Å²) in [6.45, 7) is 4.52. The average molecular weight is 490 g/mol. The van der Waals surface area contributed by atoms with Gasteiger partial charge in [0.05, 0.1) is 6.42 Å². The number of carboxylic acids is 1. The molecule has 188 valence electrons. The molecule has 2 aliphatic rings. The van der Waals surface area contributed by atoms with Crippen LogP contribution in [0.25, 0.3) is 11.1 Å². The van der Waals surface area contributed by atoms with Crippen LogP contribution in [0.4, 0.5) is 4.79 Å². The third-order valence-electron chi connectivity index (χ3n) is 7.33. The predicted octanol–water partition coefficient (Wildman–Crippen LogP) is 5.28. The van der Waals surface area contributed by atoms with Crippen LogP contribution in [0.3, 0.4) is 0 Å². The molecule has 0 aliphatic heterocycles. The molecule has 2 N–H and O–H groups in total. The average Bonchev–Trinajstić information content (AvgIpc) is 3.44. The van der Waals surface area contributed by atoms with E-state index in [1.54, 1.807) is 0 Å². The maximum atomic E-state index is 13.2. The SMILES string of the molecule is CC1CC(C)CC(NC(=O)OCC2c3ccccc3-c3ccccc32)(c2noc(CCC(=O)O)n2)C1. The number of ether oxygens (including phenoxy) is 1. The van der Waals surface area contributed by atoms with E-state index in [-0.39, 0.29) is 31.3 Å². The van der Waals surface area contributed by atoms with Gasteiger partial charge in [0, 0.05) is 12.3 Å². The molecule has 1 aromatic heterocycles. The number of aliphatic carboxylic acids is 1. The van der Waals surface area contributed by atoms with Gasteiger partial charge in [0.25, 0.3) is 0 Å². The summed E-state index contributed by atoms with van der Waals surface area (Å²) in [5.41, 5.74) is 3.83. The number of alkyl carbamates (subject to hydrolysis) is 1. The van der Waals surface area contributed by atoms with Crippen molar-refractivity contribution in [3.05, 3.63) is 71.4 Å². The monoisotopic (exact) mass is 489 g/mol. The highest BCUT2D eigenvalue weighted by molar-refractivity contribution is 5.79. The molecule has 8 nitrogen and oxygen atoms in total. The van der Waals surface area contributed by atoms with E-state index in [1.165, 1.54) is 11.1 Å². The Morgan fingerprint density at radius 1 is 1.06 bits per heavy atom. The summed E-state index contributed by atoms with van der Waals surface area (Å²) in [5.74, 6) is 0.353. The minimum absolute atomic E-state index is 0.0314. The molecular weight excluding hydrogens is 458 g/mol. The maximum Gasteiger partial charge on any atom is 0.407 e. The fourth-order valence-electron chi connectivity index (χ4n) is 6.06. The second kappa shape index (κ2) is 9.76. The molecule has 1 fully saturated rings. The largest absolute Gasteiger partial charge is 0.481 e. The number of benzene rings is 2. The molecule has 1 amide bonds. The number of carbonyl (C=O) groups is 2. The Hall–Kier alpha value is -3.68.